The van der Waals surface area contributed by atoms with E-state index in [-0.39, 0.29) is 29.0 Å². The van der Waals surface area contributed by atoms with Crippen LogP contribution in [0.3, 0.4) is 0 Å². The first-order valence-electron chi connectivity index (χ1n) is 9.07. The molecule has 2 aromatic rings. The van der Waals surface area contributed by atoms with Gasteiger partial charge in [-0.25, -0.2) is 27.9 Å². The summed E-state index contributed by atoms with van der Waals surface area (Å²) in [6.07, 6.45) is 0. The van der Waals surface area contributed by atoms with Gasteiger partial charge in [0.25, 0.3) is 5.88 Å². The lowest BCUT2D eigenvalue weighted by Crippen LogP contribution is -2.50. The standard InChI is InChI=1S/C19H22F3N5O2/c1-10-14(9-13(20)16(22)15(10)21)26-5-7-27(8-6-26)19(28)25-17-18(29-4)24-12(3)11(2)23-17/h9H,5-8H2,1-4H3,(H,23,25,28). The molecule has 7 nitrogen and oxygen atoms in total. The van der Waals surface area contributed by atoms with E-state index in [1.807, 2.05) is 0 Å². The third-order valence-electron chi connectivity index (χ3n) is 4.98. The van der Waals surface area contributed by atoms with Crippen LogP contribution in [0.25, 0.3) is 0 Å². The molecule has 1 fully saturated rings. The Bertz CT molecular complexity index is 946. The van der Waals surface area contributed by atoms with Gasteiger partial charge in [0, 0.05) is 43.5 Å². The fraction of sp³-hybridized carbons (Fsp3) is 0.421. The summed E-state index contributed by atoms with van der Waals surface area (Å²) in [5, 5.41) is 2.69. The van der Waals surface area contributed by atoms with Crippen molar-refractivity contribution < 1.29 is 22.7 Å². The van der Waals surface area contributed by atoms with Crippen LogP contribution in [0.1, 0.15) is 17.0 Å². The van der Waals surface area contributed by atoms with Gasteiger partial charge in [0.15, 0.2) is 23.3 Å². The Balaban J connectivity index is 1.69. The number of rotatable bonds is 3. The molecule has 0 saturated carbocycles. The molecule has 1 aliphatic heterocycles. The molecule has 10 heteroatoms. The van der Waals surface area contributed by atoms with Crippen molar-refractivity contribution in [1.82, 2.24) is 14.9 Å². The number of aromatic nitrogens is 2. The molecule has 0 atom stereocenters. The first-order chi connectivity index (χ1) is 13.7. The first-order valence-corrected chi connectivity index (χ1v) is 9.07. The van der Waals surface area contributed by atoms with Crippen LogP contribution in [0.2, 0.25) is 0 Å². The van der Waals surface area contributed by atoms with Crippen molar-refractivity contribution in [3.8, 4) is 5.88 Å². The summed E-state index contributed by atoms with van der Waals surface area (Å²) in [7, 11) is 1.44. The SMILES string of the molecule is COc1nc(C)c(C)nc1NC(=O)N1CCN(c2cc(F)c(F)c(F)c2C)CC1. The fourth-order valence-corrected chi connectivity index (χ4v) is 3.14. The Hall–Kier alpha value is -3.04. The van der Waals surface area contributed by atoms with E-state index in [4.69, 9.17) is 4.74 Å². The summed E-state index contributed by atoms with van der Waals surface area (Å²) in [5.74, 6) is -3.47. The highest BCUT2D eigenvalue weighted by Crippen LogP contribution is 2.28. The van der Waals surface area contributed by atoms with Gasteiger partial charge in [0.05, 0.1) is 18.5 Å². The lowest BCUT2D eigenvalue weighted by atomic mass is 10.1. The molecular formula is C19H22F3N5O2. The predicted molar refractivity (Wildman–Crippen MR) is 102 cm³/mol. The fourth-order valence-electron chi connectivity index (χ4n) is 3.14. The van der Waals surface area contributed by atoms with E-state index in [2.05, 4.69) is 15.3 Å². The summed E-state index contributed by atoms with van der Waals surface area (Å²) < 4.78 is 46.0. The number of anilines is 2. The van der Waals surface area contributed by atoms with E-state index in [1.165, 1.54) is 14.0 Å². The van der Waals surface area contributed by atoms with Gasteiger partial charge < -0.3 is 14.5 Å². The van der Waals surface area contributed by atoms with Crippen molar-refractivity contribution in [2.24, 2.45) is 0 Å². The van der Waals surface area contributed by atoms with Crippen molar-refractivity contribution >= 4 is 17.5 Å². The van der Waals surface area contributed by atoms with E-state index in [1.54, 1.807) is 23.6 Å². The number of piperazine rings is 1. The molecule has 0 aliphatic carbocycles. The van der Waals surface area contributed by atoms with Gasteiger partial charge in [-0.15, -0.1) is 0 Å². The number of aryl methyl sites for hydroxylation is 2. The highest BCUT2D eigenvalue weighted by atomic mass is 19.2. The average Bonchev–Trinajstić information content (AvgIpc) is 2.71. The van der Waals surface area contributed by atoms with Crippen LogP contribution in [-0.2, 0) is 0 Å². The van der Waals surface area contributed by atoms with E-state index in [0.29, 0.717) is 37.6 Å². The molecule has 1 aliphatic rings. The largest absolute Gasteiger partial charge is 0.478 e. The van der Waals surface area contributed by atoms with Crippen LogP contribution in [0.15, 0.2) is 6.07 Å². The maximum atomic E-state index is 13.8. The Morgan fingerprint density at radius 1 is 1.03 bits per heavy atom. The lowest BCUT2D eigenvalue weighted by molar-refractivity contribution is 0.208. The number of hydrogen-bond acceptors (Lipinski definition) is 5. The minimum absolute atomic E-state index is 0.0388. The molecule has 0 spiro atoms. The molecule has 0 bridgehead atoms. The summed E-state index contributed by atoms with van der Waals surface area (Å²) >= 11 is 0. The van der Waals surface area contributed by atoms with Crippen molar-refractivity contribution in [3.63, 3.8) is 0 Å². The predicted octanol–water partition coefficient (Wildman–Crippen LogP) is 3.18. The number of nitrogens with zero attached hydrogens (tertiary/aromatic N) is 4. The number of carbonyl (C=O) groups excluding carboxylic acids is 1. The monoisotopic (exact) mass is 409 g/mol. The number of amides is 2. The van der Waals surface area contributed by atoms with Gasteiger partial charge in [-0.05, 0) is 20.8 Å². The second-order valence-electron chi connectivity index (χ2n) is 6.79. The zero-order chi connectivity index (χ0) is 21.3. The highest BCUT2D eigenvalue weighted by molar-refractivity contribution is 5.89. The van der Waals surface area contributed by atoms with Crippen molar-refractivity contribution in [2.75, 3.05) is 43.5 Å². The Labute approximate surface area is 166 Å². The zero-order valence-electron chi connectivity index (χ0n) is 16.6. The highest BCUT2D eigenvalue weighted by Gasteiger charge is 2.26. The molecule has 1 saturated heterocycles. The number of halogens is 3. The number of benzene rings is 1. The van der Waals surface area contributed by atoms with Crippen molar-refractivity contribution in [1.29, 1.82) is 0 Å². The van der Waals surface area contributed by atoms with Crippen LogP contribution in [0, 0.1) is 38.2 Å². The van der Waals surface area contributed by atoms with Gasteiger partial charge in [-0.1, -0.05) is 0 Å². The quantitative estimate of drug-likeness (QED) is 0.789. The van der Waals surface area contributed by atoms with Crippen LogP contribution < -0.4 is 15.0 Å². The van der Waals surface area contributed by atoms with Crippen LogP contribution >= 0.6 is 0 Å². The minimum Gasteiger partial charge on any atom is -0.478 e. The van der Waals surface area contributed by atoms with Crippen molar-refractivity contribution in [3.05, 3.63) is 40.5 Å². The summed E-state index contributed by atoms with van der Waals surface area (Å²) in [6.45, 7) is 6.27. The normalized spacial score (nSPS) is 14.2. The van der Waals surface area contributed by atoms with E-state index in [9.17, 15) is 18.0 Å². The Kier molecular flexibility index (Phi) is 5.81. The van der Waals surface area contributed by atoms with Crippen LogP contribution in [0.4, 0.5) is 29.5 Å². The van der Waals surface area contributed by atoms with Gasteiger partial charge in [0.2, 0.25) is 0 Å². The minimum atomic E-state index is -1.48. The lowest BCUT2D eigenvalue weighted by Gasteiger charge is -2.36. The third-order valence-corrected chi connectivity index (χ3v) is 4.98. The molecular weight excluding hydrogens is 387 g/mol. The van der Waals surface area contributed by atoms with E-state index >= 15 is 0 Å². The van der Waals surface area contributed by atoms with E-state index < -0.39 is 17.5 Å². The number of ether oxygens (including phenoxy) is 1. The summed E-state index contributed by atoms with van der Waals surface area (Å²) in [5.41, 5.74) is 1.68. The van der Waals surface area contributed by atoms with Crippen molar-refractivity contribution in [2.45, 2.75) is 20.8 Å². The second kappa shape index (κ2) is 8.14. The number of methoxy groups -OCH3 is 1. The molecule has 156 valence electrons. The molecule has 2 amide bonds. The third kappa shape index (κ3) is 4.06. The smallest absolute Gasteiger partial charge is 0.323 e. The second-order valence-corrected chi connectivity index (χ2v) is 6.79. The maximum absolute atomic E-state index is 13.8. The van der Waals surface area contributed by atoms with Gasteiger partial charge in [0.1, 0.15) is 0 Å². The van der Waals surface area contributed by atoms with E-state index in [0.717, 1.165) is 6.07 Å². The van der Waals surface area contributed by atoms with Crippen LogP contribution in [-0.4, -0.2) is 54.2 Å². The van der Waals surface area contributed by atoms with Gasteiger partial charge in [-0.2, -0.15) is 0 Å². The topological polar surface area (TPSA) is 70.6 Å². The average molecular weight is 409 g/mol. The van der Waals surface area contributed by atoms with Gasteiger partial charge in [-0.3, -0.25) is 5.32 Å². The molecule has 0 radical (unpaired) electrons. The summed E-state index contributed by atoms with van der Waals surface area (Å²) in [4.78, 5) is 24.4. The van der Waals surface area contributed by atoms with Crippen LogP contribution in [0.5, 0.6) is 5.88 Å². The Morgan fingerprint density at radius 2 is 1.66 bits per heavy atom. The molecule has 29 heavy (non-hydrogen) atoms. The first kappa shape index (κ1) is 20.7. The molecule has 0 unspecified atom stereocenters. The molecule has 1 N–H and O–H groups in total. The molecule has 1 aromatic heterocycles. The maximum Gasteiger partial charge on any atom is 0.323 e. The molecule has 1 aromatic carbocycles. The number of hydrogen-bond donors (Lipinski definition) is 1. The molecule has 3 rings (SSSR count). The number of carbonyl (C=O) groups is 1. The molecule has 2 heterocycles. The summed E-state index contributed by atoms with van der Waals surface area (Å²) in [6, 6.07) is 0.604. The Morgan fingerprint density at radius 3 is 2.28 bits per heavy atom. The zero-order valence-corrected chi connectivity index (χ0v) is 16.6. The van der Waals surface area contributed by atoms with Gasteiger partial charge >= 0.3 is 6.03 Å². The number of urea groups is 1. The number of nitrogens with one attached hydrogen (secondary N) is 1.